The van der Waals surface area contributed by atoms with Crippen LogP contribution in [0.4, 0.5) is 0 Å². The molecule has 2 fully saturated rings. The number of rotatable bonds is 2. The highest BCUT2D eigenvalue weighted by molar-refractivity contribution is 5.80. The molecule has 1 saturated carbocycles. The van der Waals surface area contributed by atoms with Crippen LogP contribution in [0, 0.1) is 0 Å². The van der Waals surface area contributed by atoms with Gasteiger partial charge in [-0.25, -0.2) is 4.68 Å². The van der Waals surface area contributed by atoms with Crippen molar-refractivity contribution in [2.45, 2.75) is 56.7 Å². The minimum atomic E-state index is 0.0524. The van der Waals surface area contributed by atoms with E-state index in [1.807, 2.05) is 30.5 Å². The van der Waals surface area contributed by atoms with Gasteiger partial charge in [-0.15, -0.1) is 0 Å². The fraction of sp³-hybridized carbons (Fsp3) is 0.579. The fourth-order valence-corrected chi connectivity index (χ4v) is 4.40. The number of benzene rings is 1. The third kappa shape index (κ3) is 2.98. The largest absolute Gasteiger partial charge is 0.327 e. The lowest BCUT2D eigenvalue weighted by atomic mass is 9.88. The van der Waals surface area contributed by atoms with Gasteiger partial charge in [0.25, 0.3) is 5.56 Å². The SMILES string of the molecule is N[C@H]1CCCN(C2CCC(n3ncc4ccccc4c3=O)CC2)C1. The smallest absolute Gasteiger partial charge is 0.274 e. The lowest BCUT2D eigenvalue weighted by molar-refractivity contribution is 0.104. The van der Waals surface area contributed by atoms with E-state index < -0.39 is 0 Å². The third-order valence-electron chi connectivity index (χ3n) is 5.74. The number of nitrogens with zero attached hydrogens (tertiary/aromatic N) is 3. The first-order chi connectivity index (χ1) is 11.7. The Hall–Kier alpha value is -1.72. The summed E-state index contributed by atoms with van der Waals surface area (Å²) in [6.07, 6.45) is 8.53. The van der Waals surface area contributed by atoms with Gasteiger partial charge >= 0.3 is 0 Å². The van der Waals surface area contributed by atoms with E-state index in [0.717, 1.165) is 49.4 Å². The van der Waals surface area contributed by atoms with Crippen molar-refractivity contribution in [1.29, 1.82) is 0 Å². The molecule has 5 nitrogen and oxygen atoms in total. The van der Waals surface area contributed by atoms with E-state index in [-0.39, 0.29) is 11.6 Å². The minimum absolute atomic E-state index is 0.0524. The molecule has 0 spiro atoms. The average Bonchev–Trinajstić information content (AvgIpc) is 2.63. The number of likely N-dealkylation sites (tertiary alicyclic amines) is 1. The summed E-state index contributed by atoms with van der Waals surface area (Å²) in [5, 5.41) is 6.15. The quantitative estimate of drug-likeness (QED) is 0.920. The maximum Gasteiger partial charge on any atom is 0.274 e. The maximum atomic E-state index is 12.7. The molecule has 0 radical (unpaired) electrons. The normalized spacial score (nSPS) is 29.0. The van der Waals surface area contributed by atoms with Crippen molar-refractivity contribution in [3.8, 4) is 0 Å². The van der Waals surface area contributed by atoms with Crippen LogP contribution in [0.15, 0.2) is 35.3 Å². The molecule has 0 unspecified atom stereocenters. The Balaban J connectivity index is 1.48. The Morgan fingerprint density at radius 3 is 2.58 bits per heavy atom. The number of hydrogen-bond acceptors (Lipinski definition) is 4. The van der Waals surface area contributed by atoms with Gasteiger partial charge in [0.05, 0.1) is 17.6 Å². The van der Waals surface area contributed by atoms with Crippen molar-refractivity contribution in [3.05, 3.63) is 40.8 Å². The molecular weight excluding hydrogens is 300 g/mol. The molecule has 1 atom stereocenters. The molecule has 1 aromatic heterocycles. The molecule has 2 aromatic rings. The first-order valence-corrected chi connectivity index (χ1v) is 9.18. The summed E-state index contributed by atoms with van der Waals surface area (Å²) in [6.45, 7) is 2.21. The molecule has 0 amide bonds. The van der Waals surface area contributed by atoms with Crippen LogP contribution in [0.25, 0.3) is 10.8 Å². The Morgan fingerprint density at radius 1 is 1.04 bits per heavy atom. The molecule has 2 N–H and O–H groups in total. The molecule has 0 bridgehead atoms. The Kier molecular flexibility index (Phi) is 4.37. The number of hydrogen-bond donors (Lipinski definition) is 1. The van der Waals surface area contributed by atoms with Crippen molar-refractivity contribution in [1.82, 2.24) is 14.7 Å². The zero-order valence-corrected chi connectivity index (χ0v) is 14.1. The van der Waals surface area contributed by atoms with E-state index in [1.54, 1.807) is 4.68 Å². The lowest BCUT2D eigenvalue weighted by Crippen LogP contribution is -2.49. The topological polar surface area (TPSA) is 64.2 Å². The predicted octanol–water partition coefficient (Wildman–Crippen LogP) is 2.30. The highest BCUT2D eigenvalue weighted by Gasteiger charge is 2.29. The van der Waals surface area contributed by atoms with Crippen molar-refractivity contribution >= 4 is 10.8 Å². The van der Waals surface area contributed by atoms with Gasteiger partial charge < -0.3 is 5.73 Å². The second-order valence-corrected chi connectivity index (χ2v) is 7.34. The van der Waals surface area contributed by atoms with E-state index in [1.165, 1.54) is 13.0 Å². The summed E-state index contributed by atoms with van der Waals surface area (Å²) in [6, 6.07) is 8.91. The molecule has 1 saturated heterocycles. The van der Waals surface area contributed by atoms with E-state index in [9.17, 15) is 4.79 Å². The van der Waals surface area contributed by atoms with Crippen molar-refractivity contribution in [3.63, 3.8) is 0 Å². The highest BCUT2D eigenvalue weighted by Crippen LogP contribution is 2.31. The first-order valence-electron chi connectivity index (χ1n) is 9.18. The maximum absolute atomic E-state index is 12.7. The van der Waals surface area contributed by atoms with Crippen molar-refractivity contribution in [2.24, 2.45) is 5.73 Å². The van der Waals surface area contributed by atoms with Gasteiger partial charge in [-0.1, -0.05) is 18.2 Å². The van der Waals surface area contributed by atoms with Gasteiger partial charge in [-0.3, -0.25) is 9.69 Å². The first kappa shape index (κ1) is 15.8. The molecule has 128 valence electrons. The Morgan fingerprint density at radius 2 is 1.79 bits per heavy atom. The van der Waals surface area contributed by atoms with Gasteiger partial charge in [0.15, 0.2) is 0 Å². The van der Waals surface area contributed by atoms with Crippen LogP contribution in [0.3, 0.4) is 0 Å². The Labute approximate surface area is 142 Å². The number of aromatic nitrogens is 2. The molecule has 5 heteroatoms. The minimum Gasteiger partial charge on any atom is -0.327 e. The molecule has 4 rings (SSSR count). The van der Waals surface area contributed by atoms with E-state index >= 15 is 0 Å². The van der Waals surface area contributed by atoms with Crippen molar-refractivity contribution in [2.75, 3.05) is 13.1 Å². The summed E-state index contributed by atoms with van der Waals surface area (Å²) < 4.78 is 1.72. The fourth-order valence-electron chi connectivity index (χ4n) is 4.40. The molecule has 1 aliphatic heterocycles. The average molecular weight is 326 g/mol. The van der Waals surface area contributed by atoms with Crippen LogP contribution in [0.5, 0.6) is 0 Å². The summed E-state index contributed by atoms with van der Waals surface area (Å²) in [4.78, 5) is 15.3. The van der Waals surface area contributed by atoms with Gasteiger partial charge in [0.2, 0.25) is 0 Å². The number of nitrogens with two attached hydrogens (primary N) is 1. The summed E-state index contributed by atoms with van der Waals surface area (Å²) in [5.74, 6) is 0. The number of fused-ring (bicyclic) bond motifs is 1. The lowest BCUT2D eigenvalue weighted by Gasteiger charge is -2.40. The standard InChI is InChI=1S/C19H26N4O/c20-15-5-3-11-22(13-15)16-7-9-17(10-8-16)23-19(24)18-6-2-1-4-14(18)12-21-23/h1-2,4,6,12,15-17H,3,5,7-11,13,20H2/t15-,16?,17?/m0/s1. The second kappa shape index (κ2) is 6.65. The molecule has 2 heterocycles. The van der Waals surface area contributed by atoms with Crippen LogP contribution in [-0.2, 0) is 0 Å². The third-order valence-corrected chi connectivity index (χ3v) is 5.74. The predicted molar refractivity (Wildman–Crippen MR) is 96.1 cm³/mol. The molecule has 24 heavy (non-hydrogen) atoms. The summed E-state index contributed by atoms with van der Waals surface area (Å²) in [7, 11) is 0. The van der Waals surface area contributed by atoms with Gasteiger partial charge in [0, 0.05) is 24.0 Å². The summed E-state index contributed by atoms with van der Waals surface area (Å²) in [5.41, 5.74) is 6.18. The highest BCUT2D eigenvalue weighted by atomic mass is 16.1. The zero-order chi connectivity index (χ0) is 16.5. The molecule has 1 aliphatic carbocycles. The number of piperidine rings is 1. The van der Waals surface area contributed by atoms with Crippen LogP contribution < -0.4 is 11.3 Å². The van der Waals surface area contributed by atoms with Gasteiger partial charge in [-0.2, -0.15) is 5.10 Å². The van der Waals surface area contributed by atoms with Gasteiger partial charge in [-0.05, 0) is 51.1 Å². The van der Waals surface area contributed by atoms with Crippen LogP contribution in [0.2, 0.25) is 0 Å². The Bertz CT molecular complexity index is 763. The van der Waals surface area contributed by atoms with Crippen LogP contribution >= 0.6 is 0 Å². The molecule has 1 aromatic carbocycles. The monoisotopic (exact) mass is 326 g/mol. The summed E-state index contributed by atoms with van der Waals surface area (Å²) >= 11 is 0. The second-order valence-electron chi connectivity index (χ2n) is 7.34. The zero-order valence-electron chi connectivity index (χ0n) is 14.1. The molecule has 2 aliphatic rings. The van der Waals surface area contributed by atoms with Crippen LogP contribution in [-0.4, -0.2) is 39.9 Å². The van der Waals surface area contributed by atoms with Crippen LogP contribution in [0.1, 0.15) is 44.6 Å². The van der Waals surface area contributed by atoms with Gasteiger partial charge in [0.1, 0.15) is 0 Å². The van der Waals surface area contributed by atoms with E-state index in [2.05, 4.69) is 10.00 Å². The van der Waals surface area contributed by atoms with E-state index in [0.29, 0.717) is 12.1 Å². The van der Waals surface area contributed by atoms with Crippen molar-refractivity contribution < 1.29 is 0 Å². The van der Waals surface area contributed by atoms with E-state index in [4.69, 9.17) is 5.73 Å². The molecular formula is C19H26N4O.